The van der Waals surface area contributed by atoms with Crippen LogP contribution in [-0.2, 0) is 10.6 Å². The Hall–Kier alpha value is -1.59. The molecule has 5 nitrogen and oxygen atoms in total. The summed E-state index contributed by atoms with van der Waals surface area (Å²) in [5.74, 6) is -4.80. The molecule has 5 heteroatoms. The molecule has 13 heavy (non-hydrogen) atoms. The number of hydrogen-bond donors (Lipinski definition) is 4. The second-order valence-corrected chi connectivity index (χ2v) is 2.45. The van der Waals surface area contributed by atoms with Gasteiger partial charge in [-0.25, -0.2) is 4.79 Å². The second kappa shape index (κ2) is 3.04. The van der Waals surface area contributed by atoms with Crippen molar-refractivity contribution in [1.82, 2.24) is 0 Å². The van der Waals surface area contributed by atoms with Gasteiger partial charge >= 0.3 is 5.97 Å². The van der Waals surface area contributed by atoms with Crippen molar-refractivity contribution >= 4 is 5.97 Å². The first kappa shape index (κ1) is 6.88. The lowest BCUT2D eigenvalue weighted by Crippen LogP contribution is -2.35. The molecule has 0 saturated heterocycles. The van der Waals surface area contributed by atoms with E-state index in [9.17, 15) is 9.90 Å². The van der Waals surface area contributed by atoms with Crippen molar-refractivity contribution in [3.05, 3.63) is 29.8 Å². The molecule has 0 aliphatic heterocycles. The summed E-state index contributed by atoms with van der Waals surface area (Å²) in [5, 5.41) is 26.1. The van der Waals surface area contributed by atoms with Crippen molar-refractivity contribution in [1.29, 1.82) is 2.86 Å². The Balaban J connectivity index is 3.29. The Labute approximate surface area is 76.5 Å². The van der Waals surface area contributed by atoms with Crippen LogP contribution in [0.5, 0.6) is 5.75 Å². The van der Waals surface area contributed by atoms with E-state index in [1.807, 2.05) is 0 Å². The van der Waals surface area contributed by atoms with Gasteiger partial charge in [-0.2, -0.15) is 0 Å². The van der Waals surface area contributed by atoms with Crippen LogP contribution in [-0.4, -0.2) is 29.3 Å². The molecule has 0 fully saturated rings. The summed E-state index contributed by atoms with van der Waals surface area (Å²) in [5.41, 5.74) is -0.317. The quantitative estimate of drug-likeness (QED) is 0.480. The fourth-order valence-corrected chi connectivity index (χ4v) is 0.862. The minimum Gasteiger partial charge on any atom is -0.507 e. The number of carboxylic acids is 1. The van der Waals surface area contributed by atoms with Gasteiger partial charge in [0.2, 0.25) is 1.43 Å². The van der Waals surface area contributed by atoms with Gasteiger partial charge in [0.25, 0.3) is 7.22 Å². The number of phenols is 1. The van der Waals surface area contributed by atoms with E-state index in [4.69, 9.17) is 7.97 Å². The zero-order valence-corrected chi connectivity index (χ0v) is 6.43. The summed E-state index contributed by atoms with van der Waals surface area (Å²) in [6.07, 6.45) is 0. The summed E-state index contributed by atoms with van der Waals surface area (Å²) >= 11 is 0. The van der Waals surface area contributed by atoms with Crippen molar-refractivity contribution in [3.8, 4) is 5.75 Å². The van der Waals surface area contributed by atoms with Crippen molar-refractivity contribution < 1.29 is 25.2 Å². The summed E-state index contributed by atoms with van der Waals surface area (Å²) in [4.78, 5) is 10.7. The Morgan fingerprint density at radius 3 is 2.69 bits per heavy atom. The van der Waals surface area contributed by atoms with Crippen LogP contribution in [0.15, 0.2) is 24.3 Å². The molecule has 0 bridgehead atoms. The van der Waals surface area contributed by atoms with E-state index in [1.165, 1.54) is 24.3 Å². The van der Waals surface area contributed by atoms with Crippen LogP contribution in [0.3, 0.4) is 0 Å². The number of aliphatic hydroxyl groups is 2. The topological polar surface area (TPSA) is 98.0 Å². The maximum Gasteiger partial charge on any atom is 0.369 e. The molecule has 0 heterocycles. The van der Waals surface area contributed by atoms with Gasteiger partial charge < -0.3 is 20.4 Å². The average molecular weight is 186 g/mol. The van der Waals surface area contributed by atoms with Crippen LogP contribution in [0.2, 0.25) is 0 Å². The number of benzene rings is 1. The van der Waals surface area contributed by atoms with Gasteiger partial charge in [0.15, 0.2) is 0 Å². The number of hydrogen-bond acceptors (Lipinski definition) is 4. The molecule has 0 aromatic heterocycles. The number of rotatable bonds is 4. The van der Waals surface area contributed by atoms with E-state index in [-0.39, 0.29) is 11.3 Å². The third kappa shape index (κ3) is 1.61. The van der Waals surface area contributed by atoms with E-state index < -0.39 is 11.8 Å². The van der Waals surface area contributed by atoms with Gasteiger partial charge in [0, 0.05) is 0 Å². The molecule has 1 aromatic carbocycles. The van der Waals surface area contributed by atoms with Gasteiger partial charge in [0.05, 0.1) is 5.56 Å². The molecule has 0 aliphatic rings. The fourth-order valence-electron chi connectivity index (χ4n) is 0.862. The van der Waals surface area contributed by atoms with Crippen LogP contribution in [0.25, 0.3) is 0 Å². The third-order valence-corrected chi connectivity index (χ3v) is 1.54. The number of carbonyl (C=O) groups is 1. The molecule has 4 N–H and O–H groups in total. The smallest absolute Gasteiger partial charge is 0.369 e. The van der Waals surface area contributed by atoms with E-state index in [2.05, 4.69) is 10.2 Å². The Bertz CT molecular complexity index is 370. The van der Waals surface area contributed by atoms with Gasteiger partial charge in [0.1, 0.15) is 5.75 Å². The molecule has 0 saturated carbocycles. The Morgan fingerprint density at radius 1 is 1.46 bits per heavy atom. The van der Waals surface area contributed by atoms with Crippen molar-refractivity contribution in [2.75, 3.05) is 0 Å². The fraction of sp³-hybridized carbons (Fsp3) is 0.125. The number of phenolic OH excluding ortho intramolecular Hbond substituents is 1. The maximum absolute atomic E-state index is 10.7. The van der Waals surface area contributed by atoms with E-state index in [1.54, 1.807) is 0 Å². The van der Waals surface area contributed by atoms with E-state index in [0.717, 1.165) is 0 Å². The van der Waals surface area contributed by atoms with Crippen molar-refractivity contribution in [2.45, 2.75) is 5.79 Å². The number of para-hydroxylation sites is 1. The zero-order valence-electron chi connectivity index (χ0n) is 8.43. The lowest BCUT2D eigenvalue weighted by atomic mass is 10.1. The lowest BCUT2D eigenvalue weighted by Gasteiger charge is -2.17. The van der Waals surface area contributed by atoms with Crippen LogP contribution in [0.4, 0.5) is 0 Å². The predicted octanol–water partition coefficient (Wildman–Crippen LogP) is -0.386. The van der Waals surface area contributed by atoms with Gasteiger partial charge in [-0.05, 0) is 12.1 Å². The zero-order chi connectivity index (χ0) is 11.5. The predicted molar refractivity (Wildman–Crippen MR) is 41.9 cm³/mol. The molecule has 70 valence electrons. The molecular weight excluding hydrogens is 176 g/mol. The monoisotopic (exact) mass is 186 g/mol. The van der Waals surface area contributed by atoms with E-state index in [0.29, 0.717) is 0 Å². The molecule has 0 radical (unpaired) electrons. The van der Waals surface area contributed by atoms with Crippen molar-refractivity contribution in [2.24, 2.45) is 0 Å². The van der Waals surface area contributed by atoms with Crippen LogP contribution >= 0.6 is 0 Å². The number of aromatic hydroxyl groups is 1. The molecule has 0 unspecified atom stereocenters. The minimum atomic E-state index is -2.84. The van der Waals surface area contributed by atoms with Gasteiger partial charge in [-0.3, -0.25) is 0 Å². The maximum atomic E-state index is 10.7. The minimum absolute atomic E-state index is 0.199. The van der Waals surface area contributed by atoms with Crippen molar-refractivity contribution in [3.63, 3.8) is 0 Å². The normalized spacial score (nSPS) is 16.7. The molecule has 1 atom stereocenters. The summed E-state index contributed by atoms with van der Waals surface area (Å²) in [6.45, 7) is 0. The molecule has 1 rings (SSSR count). The molecule has 1 aromatic rings. The standard InChI is InChI=1S/C8H8O5/c9-6-4-2-1-3-5(6)8(12,13)7(10)11/h1-4,9,12-13H,(H,10,11)/i12D/hD/t8-/m0/s1. The largest absolute Gasteiger partial charge is 0.507 e. The van der Waals surface area contributed by atoms with Gasteiger partial charge in [-0.1, -0.05) is 12.1 Å². The highest BCUT2D eigenvalue weighted by Gasteiger charge is 2.37. The SMILES string of the molecule is [2H]Oc1ccccc1[C@@](O)(O[2H])C(=O)O. The van der Waals surface area contributed by atoms with E-state index >= 15 is 0 Å². The first-order chi connectivity index (χ1) is 7.06. The average Bonchev–Trinajstić information content (AvgIpc) is 2.27. The molecular formula is C8H8O5. The van der Waals surface area contributed by atoms with Crippen LogP contribution in [0.1, 0.15) is 5.56 Å². The van der Waals surface area contributed by atoms with Gasteiger partial charge in [-0.15, -0.1) is 0 Å². The summed E-state index contributed by atoms with van der Waals surface area (Å²) < 4.78 is 13.2. The molecule has 0 amide bonds. The second-order valence-electron chi connectivity index (χ2n) is 2.45. The first-order valence-electron chi connectivity index (χ1n) is 4.20. The summed E-state index contributed by atoms with van der Waals surface area (Å²) in [7, 11) is 0. The van der Waals surface area contributed by atoms with Crippen LogP contribution < -0.4 is 0 Å². The molecule has 0 spiro atoms. The van der Waals surface area contributed by atoms with Crippen LogP contribution in [0, 0.1) is 0 Å². The third-order valence-electron chi connectivity index (χ3n) is 1.54. The highest BCUT2D eigenvalue weighted by atomic mass is 16.5. The summed E-state index contributed by atoms with van der Waals surface area (Å²) in [6, 6.07) is 5.37. The lowest BCUT2D eigenvalue weighted by molar-refractivity contribution is -0.208. The Morgan fingerprint density at radius 2 is 2.15 bits per heavy atom. The first-order valence-corrected chi connectivity index (χ1v) is 3.39. The number of aliphatic carboxylic acids is 1. The molecule has 0 aliphatic carbocycles. The highest BCUT2D eigenvalue weighted by Crippen LogP contribution is 2.26. The number of carboxylic acid groups (broad SMARTS) is 1. The highest BCUT2D eigenvalue weighted by molar-refractivity contribution is 5.77. The Kier molecular flexibility index (Phi) is 1.61.